The molecule has 0 aliphatic rings. The molecule has 0 N–H and O–H groups in total. The van der Waals surface area contributed by atoms with Gasteiger partial charge in [-0.1, -0.05) is 7.43 Å². The van der Waals surface area contributed by atoms with E-state index in [4.69, 9.17) is 9.59 Å². The zero-order valence-corrected chi connectivity index (χ0v) is 2.02. The molecule has 0 heterocycles. The molecular formula is C2H4HeO2. The van der Waals surface area contributed by atoms with E-state index in [-0.39, 0.29) is 19.7 Å². The Hall–Kier alpha value is -0.711. The minimum atomic E-state index is 0. The maximum atomic E-state index is 8.12. The van der Waals surface area contributed by atoms with E-state index in [1.165, 1.54) is 0 Å². The number of carbonyl (C=O) groups excluding carboxylic acids is 2. The summed E-state index contributed by atoms with van der Waals surface area (Å²) in [7, 11) is 0. The first-order valence-electron chi connectivity index (χ1n) is 0.408. The van der Waals surface area contributed by atoms with E-state index in [0.29, 0.717) is 0 Å². The van der Waals surface area contributed by atoms with Gasteiger partial charge in [0.1, 0.15) is 0 Å². The van der Waals surface area contributed by atoms with E-state index >= 15 is 0 Å². The number of hydrogen-bond acceptors (Lipinski definition) is 2. The molecule has 0 fully saturated rings. The SMILES string of the molecule is C.O=C=O.[He]. The summed E-state index contributed by atoms with van der Waals surface area (Å²) >= 11 is 0. The van der Waals surface area contributed by atoms with Gasteiger partial charge >= 0.3 is 6.15 Å². The zero-order chi connectivity index (χ0) is 2.71. The normalized spacial score (nSPS) is 1.60. The monoisotopic (exact) mass is 64.0 g/mol. The molecule has 0 aliphatic carbocycles. The smallest absolute Gasteiger partial charge is 0.186 e. The Morgan fingerprint density at radius 1 is 1.20 bits per heavy atom. The van der Waals surface area contributed by atoms with Crippen molar-refractivity contribution in [2.24, 2.45) is 0 Å². The van der Waals surface area contributed by atoms with E-state index in [9.17, 15) is 0 Å². The van der Waals surface area contributed by atoms with Crippen molar-refractivity contribution in [3.05, 3.63) is 0 Å². The van der Waals surface area contributed by atoms with E-state index in [1.807, 2.05) is 0 Å². The van der Waals surface area contributed by atoms with Crippen molar-refractivity contribution in [2.75, 3.05) is 0 Å². The first-order chi connectivity index (χ1) is 1.41. The molecule has 0 radical (unpaired) electrons. The van der Waals surface area contributed by atoms with Crippen LogP contribution in [0.4, 0.5) is 0 Å². The maximum Gasteiger partial charge on any atom is 0.373 e. The fourth-order valence-corrected chi connectivity index (χ4v) is 0. The molecule has 0 aromatic rings. The van der Waals surface area contributed by atoms with Crippen LogP contribution in [0.2, 0.25) is 0 Å². The van der Waals surface area contributed by atoms with Gasteiger partial charge in [0.15, 0.2) is 0 Å². The quantitative estimate of drug-likeness (QED) is 0.399. The Kier molecular flexibility index (Phi) is 1150. The molecule has 2 nitrogen and oxygen atoms in total. The predicted molar refractivity (Wildman–Crippen MR) is 11.7 cm³/mol. The van der Waals surface area contributed by atoms with Gasteiger partial charge in [-0.2, -0.15) is 9.59 Å². The van der Waals surface area contributed by atoms with Gasteiger partial charge in [-0.05, 0) is 0 Å². The van der Waals surface area contributed by atoms with Crippen LogP contribution in [0.15, 0.2) is 0 Å². The van der Waals surface area contributed by atoms with Gasteiger partial charge in [-0.25, -0.2) is 0 Å². The van der Waals surface area contributed by atoms with Crippen LogP contribution in [-0.2, 0) is 9.59 Å². The average molecular weight is 64.1 g/mol. The molecule has 0 rings (SSSR count). The fraction of sp³-hybridized carbons (Fsp3) is 0.500. The van der Waals surface area contributed by atoms with Crippen LogP contribution in [0.3, 0.4) is 0 Å². The van der Waals surface area contributed by atoms with Crippen LogP contribution >= 0.6 is 0 Å². The molecule has 0 atom stereocenters. The molecule has 0 aromatic heterocycles. The average Bonchev–Trinajstić information content (AvgIpc) is 0.918. The molecule has 0 unspecified atom stereocenters. The molecule has 0 saturated heterocycles. The molecule has 0 aromatic carbocycles. The maximum absolute atomic E-state index is 8.12. The third-order valence-electron chi connectivity index (χ3n) is 0. The Labute approximate surface area is 30.6 Å². The molecule has 5 heavy (non-hydrogen) atoms. The molecule has 3 heteroatoms. The Morgan fingerprint density at radius 2 is 1.20 bits per heavy atom. The van der Waals surface area contributed by atoms with Crippen molar-refractivity contribution in [2.45, 2.75) is 7.43 Å². The molecule has 0 saturated carbocycles. The van der Waals surface area contributed by atoms with E-state index in [0.717, 1.165) is 0 Å². The minimum absolute atomic E-state index is 0. The number of hydrogen-bond donors (Lipinski definition) is 0. The van der Waals surface area contributed by atoms with Crippen LogP contribution in [0.1, 0.15) is 7.43 Å². The summed E-state index contributed by atoms with van der Waals surface area (Å²) in [4.78, 5) is 16.2. The van der Waals surface area contributed by atoms with E-state index < -0.39 is 0 Å². The summed E-state index contributed by atoms with van der Waals surface area (Å²) < 4.78 is 0. The molecule has 0 aliphatic heterocycles. The van der Waals surface area contributed by atoms with Crippen LogP contribution in [0.25, 0.3) is 0 Å². The molecule has 26 valence electrons. The molecule has 0 amide bonds. The Balaban J connectivity index is -0.0000000200. The van der Waals surface area contributed by atoms with Gasteiger partial charge in [-0.15, -0.1) is 0 Å². The summed E-state index contributed by atoms with van der Waals surface area (Å²) in [5.74, 6) is 0. The van der Waals surface area contributed by atoms with Crippen molar-refractivity contribution < 1.29 is 15.7 Å². The van der Waals surface area contributed by atoms with Gasteiger partial charge in [0.2, 0.25) is 0 Å². The van der Waals surface area contributed by atoms with Crippen molar-refractivity contribution in [1.29, 1.82) is 0 Å². The third kappa shape index (κ3) is 10.8. The summed E-state index contributed by atoms with van der Waals surface area (Å²) in [5.41, 5.74) is 0. The summed E-state index contributed by atoms with van der Waals surface area (Å²) in [6.07, 6.45) is 0.250. The van der Waals surface area contributed by atoms with Gasteiger partial charge in [0.05, 0.1) is 0 Å². The Morgan fingerprint density at radius 3 is 1.20 bits per heavy atom. The third-order valence-corrected chi connectivity index (χ3v) is 0. The van der Waals surface area contributed by atoms with Crippen molar-refractivity contribution >= 4 is 6.15 Å². The van der Waals surface area contributed by atoms with Crippen LogP contribution in [0.5, 0.6) is 0 Å². The van der Waals surface area contributed by atoms with Crippen molar-refractivity contribution in [3.63, 3.8) is 0 Å². The van der Waals surface area contributed by atoms with Crippen LogP contribution in [-0.4, -0.2) is 6.15 Å². The molecule has 0 bridgehead atoms. The van der Waals surface area contributed by atoms with Crippen molar-refractivity contribution in [3.8, 4) is 0 Å². The molecule has 0 spiro atoms. The van der Waals surface area contributed by atoms with Crippen LogP contribution in [0, 0.1) is 6.15 Å². The summed E-state index contributed by atoms with van der Waals surface area (Å²) in [6, 6.07) is 0. The van der Waals surface area contributed by atoms with E-state index in [1.54, 1.807) is 0 Å². The second-order valence-corrected chi connectivity index (χ2v) is 0.0833. The topological polar surface area (TPSA) is 34.1 Å². The standard InChI is InChI=1S/CO2.CH4.He/c2-1-3;;/h;1H4;. The summed E-state index contributed by atoms with van der Waals surface area (Å²) in [6.45, 7) is 0. The molecular weight excluding hydrogens is 60.0 g/mol. The van der Waals surface area contributed by atoms with Gasteiger partial charge in [0, 0.05) is 6.15 Å². The predicted octanol–water partition coefficient (Wildman–Crippen LogP) is 0.0526. The van der Waals surface area contributed by atoms with Crippen LogP contribution < -0.4 is 0 Å². The van der Waals surface area contributed by atoms with Gasteiger partial charge < -0.3 is 0 Å². The number of rotatable bonds is 0. The summed E-state index contributed by atoms with van der Waals surface area (Å²) in [5, 5.41) is 0. The zero-order valence-electron chi connectivity index (χ0n) is 2.02. The largest absolute Gasteiger partial charge is 0.373 e. The van der Waals surface area contributed by atoms with Crippen molar-refractivity contribution in [1.82, 2.24) is 0 Å². The van der Waals surface area contributed by atoms with E-state index in [2.05, 4.69) is 0 Å². The minimum Gasteiger partial charge on any atom is -0.186 e. The first-order valence-corrected chi connectivity index (χ1v) is 0.408. The van der Waals surface area contributed by atoms with Gasteiger partial charge in [0.25, 0.3) is 0 Å². The first kappa shape index (κ1) is 27.9. The Bertz CT molecular complexity index is 28.6. The van der Waals surface area contributed by atoms with Gasteiger partial charge in [-0.3, -0.25) is 0 Å². The fourth-order valence-electron chi connectivity index (χ4n) is 0. The second-order valence-electron chi connectivity index (χ2n) is 0.0833. The second kappa shape index (κ2) is 206.